The minimum Gasteiger partial charge on any atom is -0.427 e. The monoisotopic (exact) mass is 258 g/mol. The molecule has 3 heteroatoms. The average molecular weight is 258 g/mol. The number of aryl methyl sites for hydroxylation is 1. The normalized spacial score (nSPS) is 10.3. The number of hydrogen-bond acceptors (Lipinski definition) is 2. The number of carbonyl (C=O) groups excluding carboxylic acids is 1. The van der Waals surface area contributed by atoms with Crippen molar-refractivity contribution in [3.05, 3.63) is 53.8 Å². The summed E-state index contributed by atoms with van der Waals surface area (Å²) in [6.07, 6.45) is 0.333. The van der Waals surface area contributed by atoms with Crippen LogP contribution < -0.4 is 4.74 Å². The minimum atomic E-state index is -0.271. The predicted octanol–water partition coefficient (Wildman–Crippen LogP) is 4.12. The molecule has 0 saturated carbocycles. The van der Waals surface area contributed by atoms with E-state index < -0.39 is 0 Å². The van der Waals surface area contributed by atoms with E-state index in [1.165, 1.54) is 6.07 Å². The van der Waals surface area contributed by atoms with Crippen LogP contribution >= 0.6 is 0 Å². The zero-order valence-electron chi connectivity index (χ0n) is 10.9. The molecule has 98 valence electrons. The Hall–Kier alpha value is -2.16. The Morgan fingerprint density at radius 3 is 2.58 bits per heavy atom. The SMILES string of the molecule is CCC(=O)Oc1cccc(-c2ccc(F)c(C)c2)c1. The molecule has 2 aromatic carbocycles. The van der Waals surface area contributed by atoms with Crippen molar-refractivity contribution in [1.29, 1.82) is 0 Å². The second kappa shape index (κ2) is 5.65. The van der Waals surface area contributed by atoms with Gasteiger partial charge in [0.25, 0.3) is 0 Å². The van der Waals surface area contributed by atoms with Crippen molar-refractivity contribution in [3.63, 3.8) is 0 Å². The summed E-state index contributed by atoms with van der Waals surface area (Å²) in [5.41, 5.74) is 2.38. The lowest BCUT2D eigenvalue weighted by atomic mass is 10.0. The Labute approximate surface area is 111 Å². The van der Waals surface area contributed by atoms with Gasteiger partial charge in [-0.2, -0.15) is 0 Å². The lowest BCUT2D eigenvalue weighted by molar-refractivity contribution is -0.134. The van der Waals surface area contributed by atoms with Crippen molar-refractivity contribution >= 4 is 5.97 Å². The second-order valence-corrected chi connectivity index (χ2v) is 4.32. The van der Waals surface area contributed by atoms with Crippen LogP contribution in [0, 0.1) is 12.7 Å². The summed E-state index contributed by atoms with van der Waals surface area (Å²) in [6, 6.07) is 12.1. The van der Waals surface area contributed by atoms with E-state index in [1.54, 1.807) is 38.1 Å². The lowest BCUT2D eigenvalue weighted by Gasteiger charge is -2.07. The third kappa shape index (κ3) is 3.19. The summed E-state index contributed by atoms with van der Waals surface area (Å²) >= 11 is 0. The highest BCUT2D eigenvalue weighted by atomic mass is 19.1. The van der Waals surface area contributed by atoms with E-state index in [0.717, 1.165) is 11.1 Å². The standard InChI is InChI=1S/C16H15FO2/c1-3-16(18)19-14-6-4-5-12(10-14)13-7-8-15(17)11(2)9-13/h4-10H,3H2,1-2H3. The smallest absolute Gasteiger partial charge is 0.310 e. The van der Waals surface area contributed by atoms with Crippen LogP contribution in [0.25, 0.3) is 11.1 Å². The number of carbonyl (C=O) groups is 1. The van der Waals surface area contributed by atoms with Gasteiger partial charge in [-0.05, 0) is 47.9 Å². The van der Waals surface area contributed by atoms with Gasteiger partial charge < -0.3 is 4.74 Å². The summed E-state index contributed by atoms with van der Waals surface area (Å²) in [5, 5.41) is 0. The zero-order chi connectivity index (χ0) is 13.8. The fraction of sp³-hybridized carbons (Fsp3) is 0.188. The molecule has 0 aliphatic rings. The van der Waals surface area contributed by atoms with Crippen LogP contribution in [0.5, 0.6) is 5.75 Å². The summed E-state index contributed by atoms with van der Waals surface area (Å²) in [4.78, 5) is 11.3. The first kappa shape index (κ1) is 13.3. The van der Waals surface area contributed by atoms with Crippen molar-refractivity contribution in [2.45, 2.75) is 20.3 Å². The highest BCUT2D eigenvalue weighted by Crippen LogP contribution is 2.25. The van der Waals surface area contributed by atoms with E-state index in [9.17, 15) is 9.18 Å². The molecule has 0 heterocycles. The quantitative estimate of drug-likeness (QED) is 0.611. The van der Waals surface area contributed by atoms with Gasteiger partial charge in [-0.15, -0.1) is 0 Å². The van der Waals surface area contributed by atoms with Gasteiger partial charge in [-0.1, -0.05) is 25.1 Å². The highest BCUT2D eigenvalue weighted by Gasteiger charge is 2.05. The van der Waals surface area contributed by atoms with Gasteiger partial charge >= 0.3 is 5.97 Å². The number of hydrogen-bond donors (Lipinski definition) is 0. The van der Waals surface area contributed by atoms with E-state index in [2.05, 4.69) is 0 Å². The molecule has 0 fully saturated rings. The van der Waals surface area contributed by atoms with Crippen LogP contribution in [0.2, 0.25) is 0 Å². The summed E-state index contributed by atoms with van der Waals surface area (Å²) in [6.45, 7) is 3.47. The van der Waals surface area contributed by atoms with Gasteiger partial charge in [0.1, 0.15) is 11.6 Å². The number of ether oxygens (including phenoxy) is 1. The number of benzene rings is 2. The summed E-state index contributed by atoms with van der Waals surface area (Å²) in [7, 11) is 0. The highest BCUT2D eigenvalue weighted by molar-refractivity contribution is 5.73. The first-order valence-electron chi connectivity index (χ1n) is 6.17. The third-order valence-corrected chi connectivity index (χ3v) is 2.85. The fourth-order valence-corrected chi connectivity index (χ4v) is 1.77. The largest absolute Gasteiger partial charge is 0.427 e. The lowest BCUT2D eigenvalue weighted by Crippen LogP contribution is -2.05. The molecule has 0 N–H and O–H groups in total. The van der Waals surface area contributed by atoms with Crippen LogP contribution in [-0.4, -0.2) is 5.97 Å². The molecule has 0 bridgehead atoms. The molecule has 0 spiro atoms. The Bertz CT molecular complexity index is 605. The van der Waals surface area contributed by atoms with Crippen molar-refractivity contribution in [2.24, 2.45) is 0 Å². The number of rotatable bonds is 3. The van der Waals surface area contributed by atoms with Gasteiger partial charge in [0.05, 0.1) is 0 Å². The maximum atomic E-state index is 13.2. The molecule has 0 atom stereocenters. The van der Waals surface area contributed by atoms with Gasteiger partial charge in [-0.25, -0.2) is 4.39 Å². The topological polar surface area (TPSA) is 26.3 Å². The third-order valence-electron chi connectivity index (χ3n) is 2.85. The molecule has 0 aliphatic heterocycles. The first-order chi connectivity index (χ1) is 9.10. The Balaban J connectivity index is 2.32. The van der Waals surface area contributed by atoms with Gasteiger partial charge in [0, 0.05) is 6.42 Å². The van der Waals surface area contributed by atoms with Gasteiger partial charge in [0.15, 0.2) is 0 Å². The zero-order valence-corrected chi connectivity index (χ0v) is 10.9. The van der Waals surface area contributed by atoms with Crippen molar-refractivity contribution in [1.82, 2.24) is 0 Å². The molecule has 0 aliphatic carbocycles. The predicted molar refractivity (Wildman–Crippen MR) is 72.5 cm³/mol. The molecular weight excluding hydrogens is 243 g/mol. The molecule has 0 saturated heterocycles. The molecule has 2 aromatic rings. The maximum absolute atomic E-state index is 13.2. The molecule has 2 nitrogen and oxygen atoms in total. The van der Waals surface area contributed by atoms with Crippen LogP contribution in [0.15, 0.2) is 42.5 Å². The molecule has 2 rings (SSSR count). The summed E-state index contributed by atoms with van der Waals surface area (Å²) in [5.74, 6) is 0.0103. The van der Waals surface area contributed by atoms with Crippen LogP contribution in [0.4, 0.5) is 4.39 Å². The first-order valence-corrected chi connectivity index (χ1v) is 6.17. The van der Waals surface area contributed by atoms with Gasteiger partial charge in [-0.3, -0.25) is 4.79 Å². The second-order valence-electron chi connectivity index (χ2n) is 4.32. The molecule has 0 radical (unpaired) electrons. The van der Waals surface area contributed by atoms with Crippen molar-refractivity contribution in [2.75, 3.05) is 0 Å². The molecule has 0 aromatic heterocycles. The Morgan fingerprint density at radius 1 is 1.16 bits per heavy atom. The number of halogens is 1. The molecular formula is C16H15FO2. The van der Waals surface area contributed by atoms with E-state index in [-0.39, 0.29) is 11.8 Å². The van der Waals surface area contributed by atoms with Crippen LogP contribution in [-0.2, 0) is 4.79 Å². The Morgan fingerprint density at radius 2 is 1.89 bits per heavy atom. The van der Waals surface area contributed by atoms with E-state index in [0.29, 0.717) is 17.7 Å². The van der Waals surface area contributed by atoms with Gasteiger partial charge in [0.2, 0.25) is 0 Å². The summed E-state index contributed by atoms with van der Waals surface area (Å²) < 4.78 is 18.4. The van der Waals surface area contributed by atoms with E-state index in [4.69, 9.17) is 4.74 Å². The Kier molecular flexibility index (Phi) is 3.95. The molecule has 0 amide bonds. The average Bonchev–Trinajstić information content (AvgIpc) is 2.42. The maximum Gasteiger partial charge on any atom is 0.310 e. The van der Waals surface area contributed by atoms with E-state index >= 15 is 0 Å². The van der Waals surface area contributed by atoms with E-state index in [1.807, 2.05) is 12.1 Å². The fourth-order valence-electron chi connectivity index (χ4n) is 1.77. The number of esters is 1. The molecule has 0 unspecified atom stereocenters. The van der Waals surface area contributed by atoms with Crippen molar-refractivity contribution < 1.29 is 13.9 Å². The minimum absolute atomic E-state index is 0.225. The van der Waals surface area contributed by atoms with Crippen LogP contribution in [0.3, 0.4) is 0 Å². The van der Waals surface area contributed by atoms with Crippen molar-refractivity contribution in [3.8, 4) is 16.9 Å². The van der Waals surface area contributed by atoms with Crippen LogP contribution in [0.1, 0.15) is 18.9 Å². The molecule has 19 heavy (non-hydrogen) atoms.